The number of carbonyl (C=O) groups is 1. The second kappa shape index (κ2) is 7.68. The highest BCUT2D eigenvalue weighted by Crippen LogP contribution is 2.31. The van der Waals surface area contributed by atoms with E-state index in [0.29, 0.717) is 15.7 Å². The molecule has 0 amide bonds. The lowest BCUT2D eigenvalue weighted by Crippen LogP contribution is -2.10. The standard InChI is InChI=1S/C19H16ClN3O2S/c1-12-7-8-14(18(24)25)13(9-12)10-21-23(2)19-22-17(11-26-19)15-5-3-4-6-16(15)20/h3-11H,1-2H3,(H,24,25)/b21-10+. The molecule has 0 saturated carbocycles. The van der Waals surface area contributed by atoms with Crippen molar-refractivity contribution in [3.05, 3.63) is 69.6 Å². The van der Waals surface area contributed by atoms with Crippen molar-refractivity contribution in [2.24, 2.45) is 5.10 Å². The van der Waals surface area contributed by atoms with Gasteiger partial charge in [-0.05, 0) is 25.1 Å². The van der Waals surface area contributed by atoms with E-state index in [2.05, 4.69) is 10.1 Å². The Kier molecular flexibility index (Phi) is 5.35. The van der Waals surface area contributed by atoms with Gasteiger partial charge in [-0.3, -0.25) is 0 Å². The van der Waals surface area contributed by atoms with Crippen molar-refractivity contribution in [1.29, 1.82) is 0 Å². The molecular formula is C19H16ClN3O2S. The minimum Gasteiger partial charge on any atom is -0.478 e. The van der Waals surface area contributed by atoms with Gasteiger partial charge in [0.05, 0.1) is 17.5 Å². The lowest BCUT2D eigenvalue weighted by molar-refractivity contribution is 0.0697. The molecule has 26 heavy (non-hydrogen) atoms. The van der Waals surface area contributed by atoms with Crippen molar-refractivity contribution < 1.29 is 9.90 Å². The van der Waals surface area contributed by atoms with Crippen LogP contribution >= 0.6 is 22.9 Å². The van der Waals surface area contributed by atoms with E-state index >= 15 is 0 Å². The molecule has 7 heteroatoms. The molecule has 5 nitrogen and oxygen atoms in total. The van der Waals surface area contributed by atoms with E-state index in [1.165, 1.54) is 17.6 Å². The molecule has 132 valence electrons. The Hall–Kier alpha value is -2.70. The van der Waals surface area contributed by atoms with E-state index in [0.717, 1.165) is 16.8 Å². The number of halogens is 1. The summed E-state index contributed by atoms with van der Waals surface area (Å²) in [5.74, 6) is -0.982. The van der Waals surface area contributed by atoms with Crippen LogP contribution in [0.25, 0.3) is 11.3 Å². The number of hydrazone groups is 1. The number of aromatic nitrogens is 1. The Bertz CT molecular complexity index is 984. The Morgan fingerprint density at radius 3 is 2.81 bits per heavy atom. The molecule has 1 heterocycles. The van der Waals surface area contributed by atoms with Crippen LogP contribution in [0.1, 0.15) is 21.5 Å². The van der Waals surface area contributed by atoms with Crippen molar-refractivity contribution in [2.45, 2.75) is 6.92 Å². The average molecular weight is 386 g/mol. The number of rotatable bonds is 5. The van der Waals surface area contributed by atoms with E-state index in [-0.39, 0.29) is 5.56 Å². The van der Waals surface area contributed by atoms with E-state index < -0.39 is 5.97 Å². The molecule has 0 aliphatic rings. The average Bonchev–Trinajstić information content (AvgIpc) is 3.09. The number of thiazole rings is 1. The van der Waals surface area contributed by atoms with Gasteiger partial charge in [0, 0.05) is 28.6 Å². The monoisotopic (exact) mass is 385 g/mol. The molecule has 0 saturated heterocycles. The van der Waals surface area contributed by atoms with E-state index in [1.807, 2.05) is 36.6 Å². The molecule has 3 aromatic rings. The summed E-state index contributed by atoms with van der Waals surface area (Å²) >= 11 is 7.65. The Labute approximate surface area is 160 Å². The summed E-state index contributed by atoms with van der Waals surface area (Å²) in [6.45, 7) is 1.91. The highest BCUT2D eigenvalue weighted by Gasteiger charge is 2.11. The molecule has 0 aliphatic heterocycles. The van der Waals surface area contributed by atoms with E-state index in [4.69, 9.17) is 11.6 Å². The lowest BCUT2D eigenvalue weighted by Gasteiger charge is -2.09. The molecule has 1 aromatic heterocycles. The van der Waals surface area contributed by atoms with Gasteiger partial charge < -0.3 is 5.11 Å². The third kappa shape index (κ3) is 3.92. The molecule has 2 aromatic carbocycles. The van der Waals surface area contributed by atoms with Crippen LogP contribution < -0.4 is 5.01 Å². The van der Waals surface area contributed by atoms with Crippen LogP contribution in [0, 0.1) is 6.92 Å². The predicted octanol–water partition coefficient (Wildman–Crippen LogP) is 4.94. The van der Waals surface area contributed by atoms with Crippen molar-refractivity contribution in [3.63, 3.8) is 0 Å². The zero-order valence-corrected chi connectivity index (χ0v) is 15.8. The summed E-state index contributed by atoms with van der Waals surface area (Å²) < 4.78 is 0. The number of benzene rings is 2. The number of carboxylic acids is 1. The van der Waals surface area contributed by atoms with Gasteiger partial charge in [-0.2, -0.15) is 5.10 Å². The summed E-state index contributed by atoms with van der Waals surface area (Å²) in [5, 5.41) is 18.5. The van der Waals surface area contributed by atoms with Crippen molar-refractivity contribution in [2.75, 3.05) is 12.1 Å². The quantitative estimate of drug-likeness (QED) is 0.499. The third-order valence-corrected chi connectivity index (χ3v) is 4.96. The normalized spacial score (nSPS) is 11.0. The van der Waals surface area contributed by atoms with Gasteiger partial charge in [0.1, 0.15) is 0 Å². The lowest BCUT2D eigenvalue weighted by atomic mass is 10.1. The Morgan fingerprint density at radius 2 is 2.08 bits per heavy atom. The number of nitrogens with zero attached hydrogens (tertiary/aromatic N) is 3. The summed E-state index contributed by atoms with van der Waals surface area (Å²) in [6.07, 6.45) is 1.53. The maximum atomic E-state index is 11.3. The smallest absolute Gasteiger partial charge is 0.336 e. The molecule has 0 bridgehead atoms. The molecule has 0 unspecified atom stereocenters. The molecule has 0 spiro atoms. The first-order valence-electron chi connectivity index (χ1n) is 7.78. The third-order valence-electron chi connectivity index (χ3n) is 3.73. The zero-order valence-electron chi connectivity index (χ0n) is 14.2. The maximum Gasteiger partial charge on any atom is 0.336 e. The van der Waals surface area contributed by atoms with Crippen molar-refractivity contribution in [1.82, 2.24) is 4.98 Å². The predicted molar refractivity (Wildman–Crippen MR) is 107 cm³/mol. The van der Waals surface area contributed by atoms with Gasteiger partial charge in [-0.1, -0.05) is 41.4 Å². The first-order valence-corrected chi connectivity index (χ1v) is 9.03. The van der Waals surface area contributed by atoms with Gasteiger partial charge >= 0.3 is 5.97 Å². The fourth-order valence-corrected chi connectivity index (χ4v) is 3.37. The molecule has 3 rings (SSSR count). The van der Waals surface area contributed by atoms with Gasteiger partial charge in [0.15, 0.2) is 0 Å². The first-order chi connectivity index (χ1) is 12.5. The molecular weight excluding hydrogens is 370 g/mol. The van der Waals surface area contributed by atoms with Gasteiger partial charge in [-0.15, -0.1) is 11.3 Å². The SMILES string of the molecule is Cc1ccc(C(=O)O)c(/C=N/N(C)c2nc(-c3ccccc3Cl)cs2)c1. The second-order valence-electron chi connectivity index (χ2n) is 5.66. The largest absolute Gasteiger partial charge is 0.478 e. The molecule has 0 fully saturated rings. The summed E-state index contributed by atoms with van der Waals surface area (Å²) in [6, 6.07) is 12.7. The molecule has 0 radical (unpaired) electrons. The molecule has 1 N–H and O–H groups in total. The topological polar surface area (TPSA) is 65.8 Å². The van der Waals surface area contributed by atoms with E-state index in [1.54, 1.807) is 30.3 Å². The molecule has 0 atom stereocenters. The van der Waals surface area contributed by atoms with Crippen LogP contribution in [-0.2, 0) is 0 Å². The summed E-state index contributed by atoms with van der Waals surface area (Å²) in [4.78, 5) is 15.9. The second-order valence-corrected chi connectivity index (χ2v) is 6.90. The number of anilines is 1. The van der Waals surface area contributed by atoms with E-state index in [9.17, 15) is 9.90 Å². The van der Waals surface area contributed by atoms with Crippen LogP contribution in [0.3, 0.4) is 0 Å². The fourth-order valence-electron chi connectivity index (χ4n) is 2.39. The fraction of sp³-hybridized carbons (Fsp3) is 0.105. The van der Waals surface area contributed by atoms with Crippen LogP contribution in [-0.4, -0.2) is 29.3 Å². The van der Waals surface area contributed by atoms with Crippen molar-refractivity contribution >= 4 is 40.3 Å². The van der Waals surface area contributed by atoms with Gasteiger partial charge in [0.2, 0.25) is 5.13 Å². The first kappa shape index (κ1) is 18.1. The number of aryl methyl sites for hydroxylation is 1. The summed E-state index contributed by atoms with van der Waals surface area (Å²) in [5.41, 5.74) is 3.37. The van der Waals surface area contributed by atoms with Gasteiger partial charge in [0.25, 0.3) is 0 Å². The number of carboxylic acid groups (broad SMARTS) is 1. The Balaban J connectivity index is 1.84. The van der Waals surface area contributed by atoms with Crippen LogP contribution in [0.5, 0.6) is 0 Å². The highest BCUT2D eigenvalue weighted by atomic mass is 35.5. The summed E-state index contributed by atoms with van der Waals surface area (Å²) in [7, 11) is 1.77. The van der Waals surface area contributed by atoms with Crippen LogP contribution in [0.15, 0.2) is 52.9 Å². The highest BCUT2D eigenvalue weighted by molar-refractivity contribution is 7.14. The maximum absolute atomic E-state index is 11.3. The minimum absolute atomic E-state index is 0.212. The van der Waals surface area contributed by atoms with Crippen LogP contribution in [0.2, 0.25) is 5.02 Å². The number of hydrogen-bond donors (Lipinski definition) is 1. The number of aromatic carboxylic acids is 1. The van der Waals surface area contributed by atoms with Crippen LogP contribution in [0.4, 0.5) is 5.13 Å². The zero-order chi connectivity index (χ0) is 18.7. The molecule has 0 aliphatic carbocycles. The number of hydrogen-bond acceptors (Lipinski definition) is 5. The van der Waals surface area contributed by atoms with Gasteiger partial charge in [-0.25, -0.2) is 14.8 Å². The minimum atomic E-state index is -0.982. The Morgan fingerprint density at radius 1 is 1.31 bits per heavy atom. The van der Waals surface area contributed by atoms with Crippen molar-refractivity contribution in [3.8, 4) is 11.3 Å².